The van der Waals surface area contributed by atoms with Crippen molar-refractivity contribution in [1.29, 1.82) is 0 Å². The second-order valence-corrected chi connectivity index (χ2v) is 4.52. The molecule has 0 fully saturated rings. The van der Waals surface area contributed by atoms with Crippen molar-refractivity contribution in [1.82, 2.24) is 10.1 Å². The van der Waals surface area contributed by atoms with E-state index in [-0.39, 0.29) is 0 Å². The molecule has 3 rings (SSSR count). The standard InChI is InChI=1S/C15H15N3O3/c1-10-3-6-13(20-10)9-16-15-17-14(18-21-15)11-4-7-12(19-2)8-5-11/h3-8H,9H2,1-2H3,(H,16,17,18). The zero-order valence-corrected chi connectivity index (χ0v) is 11.8. The van der Waals surface area contributed by atoms with Crippen molar-refractivity contribution in [3.05, 3.63) is 47.9 Å². The van der Waals surface area contributed by atoms with Gasteiger partial charge in [0.25, 0.3) is 0 Å². The fourth-order valence-corrected chi connectivity index (χ4v) is 1.90. The minimum Gasteiger partial charge on any atom is -0.497 e. The number of benzene rings is 1. The molecule has 0 aliphatic carbocycles. The summed E-state index contributed by atoms with van der Waals surface area (Å²) >= 11 is 0. The molecule has 6 heteroatoms. The largest absolute Gasteiger partial charge is 0.497 e. The van der Waals surface area contributed by atoms with Crippen LogP contribution in [-0.4, -0.2) is 17.3 Å². The minimum absolute atomic E-state index is 0.356. The Balaban J connectivity index is 1.67. The van der Waals surface area contributed by atoms with Crippen LogP contribution in [0.2, 0.25) is 0 Å². The van der Waals surface area contributed by atoms with Crippen LogP contribution in [-0.2, 0) is 6.54 Å². The van der Waals surface area contributed by atoms with E-state index in [0.29, 0.717) is 18.4 Å². The second kappa shape index (κ2) is 5.70. The Bertz CT molecular complexity index is 716. The molecule has 0 bridgehead atoms. The Morgan fingerprint density at radius 1 is 1.14 bits per heavy atom. The van der Waals surface area contributed by atoms with E-state index < -0.39 is 0 Å². The highest BCUT2D eigenvalue weighted by Gasteiger charge is 2.09. The first-order chi connectivity index (χ1) is 10.2. The monoisotopic (exact) mass is 285 g/mol. The average molecular weight is 285 g/mol. The number of ether oxygens (including phenoxy) is 1. The van der Waals surface area contributed by atoms with Crippen LogP contribution in [0.3, 0.4) is 0 Å². The molecule has 1 N–H and O–H groups in total. The lowest BCUT2D eigenvalue weighted by Gasteiger charge is -1.99. The van der Waals surface area contributed by atoms with E-state index in [1.54, 1.807) is 7.11 Å². The summed E-state index contributed by atoms with van der Waals surface area (Å²) in [5.41, 5.74) is 0.862. The fraction of sp³-hybridized carbons (Fsp3) is 0.200. The minimum atomic E-state index is 0.356. The van der Waals surface area contributed by atoms with Gasteiger partial charge >= 0.3 is 6.01 Å². The summed E-state index contributed by atoms with van der Waals surface area (Å²) in [5.74, 6) is 3.00. The first kappa shape index (κ1) is 13.2. The molecule has 3 aromatic rings. The first-order valence-corrected chi connectivity index (χ1v) is 6.52. The molecule has 0 amide bonds. The molecular formula is C15H15N3O3. The lowest BCUT2D eigenvalue weighted by atomic mass is 10.2. The number of rotatable bonds is 5. The van der Waals surface area contributed by atoms with E-state index >= 15 is 0 Å². The van der Waals surface area contributed by atoms with Gasteiger partial charge in [-0.25, -0.2) is 0 Å². The lowest BCUT2D eigenvalue weighted by Crippen LogP contribution is -1.98. The van der Waals surface area contributed by atoms with Gasteiger partial charge in [0.15, 0.2) is 0 Å². The van der Waals surface area contributed by atoms with Gasteiger partial charge in [-0.05, 0) is 43.3 Å². The quantitative estimate of drug-likeness (QED) is 0.775. The number of aromatic nitrogens is 2. The molecule has 0 atom stereocenters. The third kappa shape index (κ3) is 3.05. The van der Waals surface area contributed by atoms with Gasteiger partial charge in [0.05, 0.1) is 13.7 Å². The second-order valence-electron chi connectivity index (χ2n) is 4.52. The lowest BCUT2D eigenvalue weighted by molar-refractivity contribution is 0.414. The van der Waals surface area contributed by atoms with Crippen molar-refractivity contribution in [2.75, 3.05) is 12.4 Å². The molecule has 2 aromatic heterocycles. The molecule has 0 unspecified atom stereocenters. The summed E-state index contributed by atoms with van der Waals surface area (Å²) in [4.78, 5) is 4.29. The normalized spacial score (nSPS) is 10.6. The molecule has 21 heavy (non-hydrogen) atoms. The van der Waals surface area contributed by atoms with Gasteiger partial charge in [-0.3, -0.25) is 0 Å². The summed E-state index contributed by atoms with van der Waals surface area (Å²) in [5, 5.41) is 6.97. The number of hydrogen-bond donors (Lipinski definition) is 1. The number of methoxy groups -OCH3 is 1. The Kier molecular flexibility index (Phi) is 3.59. The average Bonchev–Trinajstić information content (AvgIpc) is 3.14. The number of nitrogens with zero attached hydrogens (tertiary/aromatic N) is 2. The van der Waals surface area contributed by atoms with Crippen LogP contribution in [0.5, 0.6) is 5.75 Å². The number of hydrogen-bond acceptors (Lipinski definition) is 6. The van der Waals surface area contributed by atoms with Crippen molar-refractivity contribution in [3.63, 3.8) is 0 Å². The van der Waals surface area contributed by atoms with E-state index in [9.17, 15) is 0 Å². The van der Waals surface area contributed by atoms with E-state index in [4.69, 9.17) is 13.7 Å². The molecule has 0 spiro atoms. The van der Waals surface area contributed by atoms with Gasteiger partial charge in [-0.1, -0.05) is 5.16 Å². The predicted molar refractivity (Wildman–Crippen MR) is 77.1 cm³/mol. The van der Waals surface area contributed by atoms with E-state index in [0.717, 1.165) is 22.8 Å². The molecule has 0 aliphatic rings. The van der Waals surface area contributed by atoms with Crippen LogP contribution >= 0.6 is 0 Å². The first-order valence-electron chi connectivity index (χ1n) is 6.52. The zero-order chi connectivity index (χ0) is 14.7. The van der Waals surface area contributed by atoms with Gasteiger partial charge in [-0.15, -0.1) is 0 Å². The summed E-state index contributed by atoms with van der Waals surface area (Å²) < 4.78 is 15.7. The van der Waals surface area contributed by atoms with Crippen molar-refractivity contribution in [3.8, 4) is 17.1 Å². The topological polar surface area (TPSA) is 73.3 Å². The molecule has 0 saturated heterocycles. The Morgan fingerprint density at radius 2 is 1.95 bits per heavy atom. The van der Waals surface area contributed by atoms with Gasteiger partial charge in [-0.2, -0.15) is 4.98 Å². The zero-order valence-electron chi connectivity index (χ0n) is 11.8. The number of furan rings is 1. The third-order valence-corrected chi connectivity index (χ3v) is 2.98. The molecule has 6 nitrogen and oxygen atoms in total. The van der Waals surface area contributed by atoms with Gasteiger partial charge in [0.1, 0.15) is 17.3 Å². The maximum absolute atomic E-state index is 5.46. The Morgan fingerprint density at radius 3 is 2.62 bits per heavy atom. The highest BCUT2D eigenvalue weighted by molar-refractivity contribution is 5.56. The van der Waals surface area contributed by atoms with Crippen molar-refractivity contribution in [2.45, 2.75) is 13.5 Å². The SMILES string of the molecule is COc1ccc(-c2noc(NCc3ccc(C)o3)n2)cc1. The van der Waals surface area contributed by atoms with E-state index in [2.05, 4.69) is 15.5 Å². The molecule has 1 aromatic carbocycles. The molecular weight excluding hydrogens is 270 g/mol. The van der Waals surface area contributed by atoms with Gasteiger partial charge in [0.2, 0.25) is 5.82 Å². The summed E-state index contributed by atoms with van der Waals surface area (Å²) in [6.07, 6.45) is 0. The van der Waals surface area contributed by atoms with Crippen LogP contribution < -0.4 is 10.1 Å². The summed E-state index contributed by atoms with van der Waals surface area (Å²) in [7, 11) is 1.63. The summed E-state index contributed by atoms with van der Waals surface area (Å²) in [6, 6.07) is 11.6. The molecule has 108 valence electrons. The maximum atomic E-state index is 5.46. The molecule has 0 saturated carbocycles. The molecule has 0 aliphatic heterocycles. The van der Waals surface area contributed by atoms with Crippen molar-refractivity contribution < 1.29 is 13.7 Å². The number of nitrogens with one attached hydrogen (secondary N) is 1. The highest BCUT2D eigenvalue weighted by Crippen LogP contribution is 2.21. The van der Waals surface area contributed by atoms with Crippen molar-refractivity contribution >= 4 is 6.01 Å². The van der Waals surface area contributed by atoms with Gasteiger partial charge in [0, 0.05) is 5.56 Å². The fourth-order valence-electron chi connectivity index (χ4n) is 1.90. The third-order valence-electron chi connectivity index (χ3n) is 2.98. The van der Waals surface area contributed by atoms with Crippen LogP contribution in [0.15, 0.2) is 45.3 Å². The van der Waals surface area contributed by atoms with Crippen LogP contribution in [0, 0.1) is 6.92 Å². The van der Waals surface area contributed by atoms with Crippen molar-refractivity contribution in [2.24, 2.45) is 0 Å². The van der Waals surface area contributed by atoms with Gasteiger partial charge < -0.3 is 19.0 Å². The number of aryl methyl sites for hydroxylation is 1. The van der Waals surface area contributed by atoms with E-state index in [1.807, 2.05) is 43.3 Å². The number of anilines is 1. The predicted octanol–water partition coefficient (Wildman–Crippen LogP) is 3.26. The van der Waals surface area contributed by atoms with Crippen LogP contribution in [0.25, 0.3) is 11.4 Å². The molecule has 0 radical (unpaired) electrons. The highest BCUT2D eigenvalue weighted by atomic mass is 16.5. The molecule has 2 heterocycles. The van der Waals surface area contributed by atoms with Crippen LogP contribution in [0.4, 0.5) is 6.01 Å². The maximum Gasteiger partial charge on any atom is 0.322 e. The van der Waals surface area contributed by atoms with E-state index in [1.165, 1.54) is 0 Å². The summed E-state index contributed by atoms with van der Waals surface area (Å²) in [6.45, 7) is 2.40. The smallest absolute Gasteiger partial charge is 0.322 e. The van der Waals surface area contributed by atoms with Crippen LogP contribution in [0.1, 0.15) is 11.5 Å². The Labute approximate surface area is 121 Å². The Hall–Kier alpha value is -2.76.